The highest BCUT2D eigenvalue weighted by Crippen LogP contribution is 2.35. The molecular formula is C27H35NO2. The molecule has 1 heterocycles. The highest BCUT2D eigenvalue weighted by molar-refractivity contribution is 5.63. The zero-order chi connectivity index (χ0) is 22.0. The van der Waals surface area contributed by atoms with Crippen molar-refractivity contribution in [1.29, 1.82) is 5.26 Å². The van der Waals surface area contributed by atoms with Crippen molar-refractivity contribution in [2.75, 3.05) is 0 Å². The van der Waals surface area contributed by atoms with Gasteiger partial charge in [0.2, 0.25) is 0 Å². The van der Waals surface area contributed by atoms with Crippen LogP contribution in [-0.2, 0) is 4.74 Å². The Kier molecular flexibility index (Phi) is 8.99. The van der Waals surface area contributed by atoms with E-state index in [0.717, 1.165) is 55.6 Å². The average Bonchev–Trinajstić information content (AvgIpc) is 2.68. The number of rotatable bonds is 10. The van der Waals surface area contributed by atoms with Gasteiger partial charge in [0.05, 0.1) is 0 Å². The van der Waals surface area contributed by atoms with Crippen molar-refractivity contribution in [2.24, 2.45) is 0 Å². The van der Waals surface area contributed by atoms with Crippen molar-refractivity contribution in [1.82, 2.24) is 0 Å². The van der Waals surface area contributed by atoms with Crippen LogP contribution in [0.2, 0.25) is 0 Å². The van der Waals surface area contributed by atoms with E-state index in [9.17, 15) is 0 Å². The van der Waals surface area contributed by atoms with Gasteiger partial charge in [-0.15, -0.1) is 5.26 Å². The summed E-state index contributed by atoms with van der Waals surface area (Å²) in [5, 5.41) is 8.84. The summed E-state index contributed by atoms with van der Waals surface area (Å²) < 4.78 is 11.5. The predicted molar refractivity (Wildman–Crippen MR) is 125 cm³/mol. The van der Waals surface area contributed by atoms with E-state index < -0.39 is 0 Å². The second-order valence-electron chi connectivity index (χ2n) is 8.55. The number of ether oxygens (including phenoxy) is 2. The molecule has 1 unspecified atom stereocenters. The molecule has 30 heavy (non-hydrogen) atoms. The van der Waals surface area contributed by atoms with Crippen LogP contribution in [0.1, 0.15) is 77.3 Å². The van der Waals surface area contributed by atoms with E-state index in [-0.39, 0.29) is 5.60 Å². The predicted octanol–water partition coefficient (Wildman–Crippen LogP) is 7.79. The van der Waals surface area contributed by atoms with Crippen molar-refractivity contribution >= 4 is 6.08 Å². The topological polar surface area (TPSA) is 42.2 Å². The molecule has 3 nitrogen and oxygen atoms in total. The Bertz CT molecular complexity index is 879. The molecule has 2 rings (SSSR count). The number of aryl methyl sites for hydroxylation is 1. The molecule has 0 saturated carbocycles. The van der Waals surface area contributed by atoms with Crippen molar-refractivity contribution < 1.29 is 9.47 Å². The van der Waals surface area contributed by atoms with Gasteiger partial charge in [-0.2, -0.15) is 0 Å². The third kappa shape index (κ3) is 7.59. The summed E-state index contributed by atoms with van der Waals surface area (Å²) in [5.41, 5.74) is 4.71. The van der Waals surface area contributed by atoms with Crippen molar-refractivity contribution in [3.05, 3.63) is 70.5 Å². The number of benzene rings is 1. The smallest absolute Gasteiger partial charge is 0.291 e. The molecule has 1 aromatic carbocycles. The molecule has 0 aromatic heterocycles. The summed E-state index contributed by atoms with van der Waals surface area (Å²) in [6, 6.07) is 6.26. The molecular weight excluding hydrogens is 370 g/mol. The molecule has 0 spiro atoms. The summed E-state index contributed by atoms with van der Waals surface area (Å²) in [6.07, 6.45) is 18.1. The molecule has 1 atom stereocenters. The molecule has 1 aliphatic heterocycles. The van der Waals surface area contributed by atoms with Gasteiger partial charge in [0.1, 0.15) is 17.1 Å². The lowest BCUT2D eigenvalue weighted by Gasteiger charge is -2.32. The number of fused-ring (bicyclic) bond motifs is 1. The first kappa shape index (κ1) is 23.5. The average molecular weight is 406 g/mol. The van der Waals surface area contributed by atoms with Crippen LogP contribution in [0.5, 0.6) is 5.75 Å². The maximum Gasteiger partial charge on any atom is 0.291 e. The molecule has 0 N–H and O–H groups in total. The number of para-hydroxylation sites is 1. The summed E-state index contributed by atoms with van der Waals surface area (Å²) in [7, 11) is 0. The molecule has 0 bridgehead atoms. The van der Waals surface area contributed by atoms with E-state index >= 15 is 0 Å². The summed E-state index contributed by atoms with van der Waals surface area (Å²) in [4.78, 5) is 0. The lowest BCUT2D eigenvalue weighted by molar-refractivity contribution is 0.127. The first-order valence-electron chi connectivity index (χ1n) is 10.8. The Balaban J connectivity index is 1.83. The standard InChI is InChI=1S/C27H35NO2/c1-21(2)10-6-15-25(29-20-28)16-7-11-22(3)12-9-18-27(5)19-17-24-14-8-13-23(4)26(24)30-27/h8,10,12-14,16-17,19H,6-7,9,11,15,18H2,1-5H3/b22-12+,25-16-. The van der Waals surface area contributed by atoms with Crippen molar-refractivity contribution in [3.8, 4) is 12.0 Å². The maximum absolute atomic E-state index is 8.84. The van der Waals surface area contributed by atoms with Gasteiger partial charge in [0.25, 0.3) is 6.26 Å². The molecule has 0 amide bonds. The number of nitriles is 1. The molecule has 0 aliphatic carbocycles. The minimum Gasteiger partial charge on any atom is -0.483 e. The van der Waals surface area contributed by atoms with Crippen molar-refractivity contribution in [2.45, 2.75) is 78.7 Å². The van der Waals surface area contributed by atoms with E-state index in [1.54, 1.807) is 6.26 Å². The highest BCUT2D eigenvalue weighted by Gasteiger charge is 2.27. The number of allylic oxidation sites excluding steroid dienone is 6. The molecule has 3 heteroatoms. The van der Waals surface area contributed by atoms with Crippen LogP contribution < -0.4 is 4.74 Å². The van der Waals surface area contributed by atoms with Gasteiger partial charge in [-0.1, -0.05) is 47.6 Å². The molecule has 0 saturated heterocycles. The zero-order valence-electron chi connectivity index (χ0n) is 19.1. The second kappa shape index (κ2) is 11.5. The normalized spacial score (nSPS) is 18.3. The van der Waals surface area contributed by atoms with E-state index in [0.29, 0.717) is 0 Å². The molecule has 0 radical (unpaired) electrons. The minimum atomic E-state index is -0.269. The number of nitrogens with zero attached hydrogens (tertiary/aromatic N) is 1. The van der Waals surface area contributed by atoms with E-state index in [1.165, 1.54) is 16.7 Å². The summed E-state index contributed by atoms with van der Waals surface area (Å²) >= 11 is 0. The quantitative estimate of drug-likeness (QED) is 0.226. The fourth-order valence-electron chi connectivity index (χ4n) is 3.54. The lowest BCUT2D eigenvalue weighted by atomic mass is 9.93. The fraction of sp³-hybridized carbons (Fsp3) is 0.444. The Morgan fingerprint density at radius 1 is 1.10 bits per heavy atom. The zero-order valence-corrected chi connectivity index (χ0v) is 19.1. The van der Waals surface area contributed by atoms with E-state index in [2.05, 4.69) is 77.1 Å². The number of hydrogen-bond acceptors (Lipinski definition) is 3. The minimum absolute atomic E-state index is 0.269. The summed E-state index contributed by atoms with van der Waals surface area (Å²) in [6.45, 7) is 10.6. The Hall–Kier alpha value is -2.73. The SMILES string of the molecule is CC(C)=CCC/C(=C/CC/C(C)=C/CCC1(C)C=Cc2cccc(C)c2O1)OC#N. The molecule has 160 valence electrons. The van der Waals surface area contributed by atoms with Crippen molar-refractivity contribution in [3.63, 3.8) is 0 Å². The van der Waals surface area contributed by atoms with Gasteiger partial charge in [-0.25, -0.2) is 0 Å². The van der Waals surface area contributed by atoms with Crippen LogP contribution in [0.3, 0.4) is 0 Å². The third-order valence-corrected chi connectivity index (χ3v) is 5.36. The van der Waals surface area contributed by atoms with Gasteiger partial charge in [-0.3, -0.25) is 0 Å². The Labute approximate surface area is 182 Å². The summed E-state index contributed by atoms with van der Waals surface area (Å²) in [5.74, 6) is 1.77. The molecule has 1 aliphatic rings. The lowest BCUT2D eigenvalue weighted by Crippen LogP contribution is -2.32. The van der Waals surface area contributed by atoms with Gasteiger partial charge >= 0.3 is 0 Å². The molecule has 0 fully saturated rings. The van der Waals surface area contributed by atoms with Crippen LogP contribution in [0.15, 0.2) is 59.4 Å². The fourth-order valence-corrected chi connectivity index (χ4v) is 3.54. The second-order valence-corrected chi connectivity index (χ2v) is 8.55. The highest BCUT2D eigenvalue weighted by atomic mass is 16.5. The molecule has 1 aromatic rings. The van der Waals surface area contributed by atoms with Gasteiger partial charge in [0.15, 0.2) is 0 Å². The van der Waals surface area contributed by atoms with Gasteiger partial charge in [-0.05, 0) is 84.4 Å². The van der Waals surface area contributed by atoms with Gasteiger partial charge in [0, 0.05) is 12.0 Å². The largest absolute Gasteiger partial charge is 0.483 e. The van der Waals surface area contributed by atoms with E-state index in [4.69, 9.17) is 14.7 Å². The Morgan fingerprint density at radius 3 is 2.60 bits per heavy atom. The Morgan fingerprint density at radius 2 is 1.87 bits per heavy atom. The van der Waals surface area contributed by atoms with Crippen LogP contribution >= 0.6 is 0 Å². The third-order valence-electron chi connectivity index (χ3n) is 5.36. The first-order valence-corrected chi connectivity index (χ1v) is 10.8. The first-order chi connectivity index (χ1) is 14.3. The monoisotopic (exact) mass is 405 g/mol. The van der Waals surface area contributed by atoms with Gasteiger partial charge < -0.3 is 9.47 Å². The maximum atomic E-state index is 8.84. The van der Waals surface area contributed by atoms with Crippen LogP contribution in [0, 0.1) is 18.4 Å². The van der Waals surface area contributed by atoms with E-state index in [1.807, 2.05) is 6.08 Å². The van der Waals surface area contributed by atoms with Crippen LogP contribution in [0.4, 0.5) is 0 Å². The van der Waals surface area contributed by atoms with Crippen LogP contribution in [-0.4, -0.2) is 5.60 Å². The number of hydrogen-bond donors (Lipinski definition) is 0. The van der Waals surface area contributed by atoms with Crippen LogP contribution in [0.25, 0.3) is 6.08 Å².